The first-order chi connectivity index (χ1) is 25.8. The van der Waals surface area contributed by atoms with Gasteiger partial charge in [-0.25, -0.2) is 9.97 Å². The van der Waals surface area contributed by atoms with Crippen molar-refractivity contribution < 1.29 is 4.42 Å². The zero-order valence-corrected chi connectivity index (χ0v) is 28.3. The van der Waals surface area contributed by atoms with Gasteiger partial charge in [0.05, 0.1) is 32.6 Å². The molecule has 0 unspecified atom stereocenters. The van der Waals surface area contributed by atoms with E-state index in [4.69, 9.17) is 24.4 Å². The molecule has 8 heteroatoms. The lowest BCUT2D eigenvalue weighted by molar-refractivity contribution is 0.620. The van der Waals surface area contributed by atoms with E-state index in [1.54, 1.807) is 11.3 Å². The van der Waals surface area contributed by atoms with E-state index in [0.29, 0.717) is 23.5 Å². The second kappa shape index (κ2) is 11.3. The van der Waals surface area contributed by atoms with Crippen LogP contribution in [0.25, 0.3) is 99.9 Å². The van der Waals surface area contributed by atoms with Crippen LogP contribution in [0.15, 0.2) is 161 Å². The van der Waals surface area contributed by atoms with Crippen LogP contribution in [0.3, 0.4) is 0 Å². The number of para-hydroxylation sites is 3. The third-order valence-corrected chi connectivity index (χ3v) is 10.6. The van der Waals surface area contributed by atoms with Crippen molar-refractivity contribution in [3.63, 3.8) is 0 Å². The summed E-state index contributed by atoms with van der Waals surface area (Å²) in [7, 11) is 0. The summed E-state index contributed by atoms with van der Waals surface area (Å²) in [6, 6.07) is 52.0. The van der Waals surface area contributed by atoms with Gasteiger partial charge in [-0.1, -0.05) is 121 Å². The van der Waals surface area contributed by atoms with Gasteiger partial charge in [-0.2, -0.15) is 9.97 Å². The standard InChI is InChI=1S/C44H26N6OS/c1-3-13-27(14-4-1)41-46-42(28-15-5-2-6-16-28)48-44(47-41)50-35-21-10-8-18-30(35)32-25-24-31-29-17-7-9-20-34(29)49(38(31)39(32)50)36-22-11-19-33-40(36)51-43(45-33)37-23-12-26-52-37/h1-26H. The van der Waals surface area contributed by atoms with Gasteiger partial charge in [0.25, 0.3) is 0 Å². The molecule has 5 heterocycles. The summed E-state index contributed by atoms with van der Waals surface area (Å²) >= 11 is 1.62. The molecule has 0 saturated carbocycles. The summed E-state index contributed by atoms with van der Waals surface area (Å²) in [6.07, 6.45) is 0. The molecule has 0 aliphatic carbocycles. The smallest absolute Gasteiger partial charge is 0.238 e. The lowest BCUT2D eigenvalue weighted by Crippen LogP contribution is -2.07. The number of benzene rings is 6. The molecule has 0 saturated heterocycles. The van der Waals surface area contributed by atoms with E-state index in [0.717, 1.165) is 76.4 Å². The second-order valence-electron chi connectivity index (χ2n) is 12.7. The van der Waals surface area contributed by atoms with Crippen LogP contribution >= 0.6 is 11.3 Å². The minimum Gasteiger partial charge on any atom is -0.433 e. The molecule has 0 amide bonds. The number of fused-ring (bicyclic) bond motifs is 8. The second-order valence-corrected chi connectivity index (χ2v) is 13.6. The van der Waals surface area contributed by atoms with Gasteiger partial charge in [-0.3, -0.25) is 4.57 Å². The van der Waals surface area contributed by atoms with Crippen molar-refractivity contribution >= 4 is 66.0 Å². The number of oxazole rings is 1. The van der Waals surface area contributed by atoms with Crippen molar-refractivity contribution in [3.05, 3.63) is 157 Å². The van der Waals surface area contributed by atoms with Gasteiger partial charge in [0, 0.05) is 32.7 Å². The van der Waals surface area contributed by atoms with Crippen molar-refractivity contribution in [1.82, 2.24) is 29.1 Å². The number of nitrogens with zero attached hydrogens (tertiary/aromatic N) is 6. The number of hydrogen-bond acceptors (Lipinski definition) is 6. The number of aromatic nitrogens is 6. The van der Waals surface area contributed by atoms with Crippen LogP contribution in [0, 0.1) is 0 Å². The third-order valence-electron chi connectivity index (χ3n) is 9.72. The Hall–Kier alpha value is -6.90. The van der Waals surface area contributed by atoms with Gasteiger partial charge in [0.2, 0.25) is 11.8 Å². The van der Waals surface area contributed by atoms with E-state index in [-0.39, 0.29) is 0 Å². The van der Waals surface area contributed by atoms with Gasteiger partial charge in [-0.15, -0.1) is 11.3 Å². The van der Waals surface area contributed by atoms with Crippen LogP contribution in [0.5, 0.6) is 0 Å². The Balaban J connectivity index is 1.30. The van der Waals surface area contributed by atoms with E-state index in [2.05, 4.69) is 81.9 Å². The summed E-state index contributed by atoms with van der Waals surface area (Å²) < 4.78 is 11.2. The fourth-order valence-corrected chi connectivity index (χ4v) is 8.12. The van der Waals surface area contributed by atoms with Crippen LogP contribution in [0.2, 0.25) is 0 Å². The Bertz CT molecular complexity index is 3070. The normalized spacial score (nSPS) is 11.8. The highest BCUT2D eigenvalue weighted by Crippen LogP contribution is 2.43. The molecule has 0 spiro atoms. The van der Waals surface area contributed by atoms with Crippen LogP contribution in [0.4, 0.5) is 0 Å². The first-order valence-corrected chi connectivity index (χ1v) is 17.9. The maximum absolute atomic E-state index is 6.62. The third kappa shape index (κ3) is 4.31. The van der Waals surface area contributed by atoms with Gasteiger partial charge in [0.1, 0.15) is 5.52 Å². The van der Waals surface area contributed by atoms with E-state index >= 15 is 0 Å². The van der Waals surface area contributed by atoms with E-state index in [1.807, 2.05) is 84.2 Å². The van der Waals surface area contributed by atoms with Gasteiger partial charge in [0.15, 0.2) is 17.2 Å². The molecule has 244 valence electrons. The first-order valence-electron chi connectivity index (χ1n) is 17.1. The largest absolute Gasteiger partial charge is 0.433 e. The zero-order chi connectivity index (χ0) is 34.2. The number of hydrogen-bond donors (Lipinski definition) is 0. The van der Waals surface area contributed by atoms with Crippen LogP contribution in [-0.2, 0) is 0 Å². The predicted molar refractivity (Wildman–Crippen MR) is 210 cm³/mol. The molecule has 52 heavy (non-hydrogen) atoms. The molecule has 0 radical (unpaired) electrons. The number of rotatable bonds is 5. The van der Waals surface area contributed by atoms with E-state index in [9.17, 15) is 0 Å². The monoisotopic (exact) mass is 686 g/mol. The molecule has 0 atom stereocenters. The summed E-state index contributed by atoms with van der Waals surface area (Å²) in [4.78, 5) is 21.4. The Morgan fingerprint density at radius 3 is 1.69 bits per heavy atom. The molecule has 0 aliphatic rings. The average molecular weight is 687 g/mol. The van der Waals surface area contributed by atoms with Gasteiger partial charge < -0.3 is 8.98 Å². The van der Waals surface area contributed by atoms with Crippen LogP contribution in [0.1, 0.15) is 0 Å². The lowest BCUT2D eigenvalue weighted by Gasteiger charge is -2.13. The topological polar surface area (TPSA) is 74.6 Å². The average Bonchev–Trinajstić information content (AvgIpc) is 4.02. The highest BCUT2D eigenvalue weighted by molar-refractivity contribution is 7.13. The molecule has 0 N–H and O–H groups in total. The van der Waals surface area contributed by atoms with Crippen LogP contribution < -0.4 is 0 Å². The molecule has 11 rings (SSSR count). The molecule has 6 aromatic carbocycles. The van der Waals surface area contributed by atoms with Gasteiger partial charge >= 0.3 is 0 Å². The van der Waals surface area contributed by atoms with Crippen LogP contribution in [-0.4, -0.2) is 29.1 Å². The van der Waals surface area contributed by atoms with Crippen molar-refractivity contribution in [3.8, 4) is 45.2 Å². The molecule has 0 fully saturated rings. The fourth-order valence-electron chi connectivity index (χ4n) is 7.47. The minimum atomic E-state index is 0.543. The fraction of sp³-hybridized carbons (Fsp3) is 0. The molecule has 0 bridgehead atoms. The molecule has 5 aromatic heterocycles. The Morgan fingerprint density at radius 2 is 1.06 bits per heavy atom. The quantitative estimate of drug-likeness (QED) is 0.180. The number of thiophene rings is 1. The maximum atomic E-state index is 6.62. The highest BCUT2D eigenvalue weighted by atomic mass is 32.1. The predicted octanol–water partition coefficient (Wildman–Crippen LogP) is 11.3. The maximum Gasteiger partial charge on any atom is 0.238 e. The van der Waals surface area contributed by atoms with Crippen molar-refractivity contribution in [2.75, 3.05) is 0 Å². The Kier molecular flexibility index (Phi) is 6.28. The molecule has 0 aliphatic heterocycles. The summed E-state index contributed by atoms with van der Waals surface area (Å²) in [5.41, 5.74) is 8.37. The molecule has 7 nitrogen and oxygen atoms in total. The van der Waals surface area contributed by atoms with Gasteiger partial charge in [-0.05, 0) is 35.7 Å². The summed E-state index contributed by atoms with van der Waals surface area (Å²) in [5, 5.41) is 6.50. The Morgan fingerprint density at radius 1 is 0.462 bits per heavy atom. The van der Waals surface area contributed by atoms with Crippen molar-refractivity contribution in [2.45, 2.75) is 0 Å². The summed E-state index contributed by atoms with van der Waals surface area (Å²) in [6.45, 7) is 0. The zero-order valence-electron chi connectivity index (χ0n) is 27.5. The molecular formula is C44H26N6OS. The SMILES string of the molecule is c1ccc(-c2nc(-c3ccccc3)nc(-n3c4ccccc4c4ccc5c6ccccc6n(-c6cccc7nc(-c8cccs8)oc67)c5c43)n2)cc1. The molecular weight excluding hydrogens is 661 g/mol. The van der Waals surface area contributed by atoms with E-state index in [1.165, 1.54) is 0 Å². The lowest BCUT2D eigenvalue weighted by atomic mass is 10.1. The summed E-state index contributed by atoms with van der Waals surface area (Å²) in [5.74, 6) is 2.37. The Labute approximate surface area is 300 Å². The molecule has 11 aromatic rings. The van der Waals surface area contributed by atoms with E-state index < -0.39 is 0 Å². The minimum absolute atomic E-state index is 0.543. The van der Waals surface area contributed by atoms with Crippen molar-refractivity contribution in [1.29, 1.82) is 0 Å². The highest BCUT2D eigenvalue weighted by Gasteiger charge is 2.25. The first kappa shape index (κ1) is 28.9. The van der Waals surface area contributed by atoms with Crippen molar-refractivity contribution in [2.24, 2.45) is 0 Å².